The molecular formula is C30H37FO. The van der Waals surface area contributed by atoms with E-state index in [1.165, 1.54) is 63.4 Å². The van der Waals surface area contributed by atoms with Crippen molar-refractivity contribution in [3.8, 4) is 16.9 Å². The Hall–Kier alpha value is -2.35. The molecule has 1 nitrogen and oxygen atoms in total. The Labute approximate surface area is 193 Å². The number of rotatable bonds is 9. The topological polar surface area (TPSA) is 9.23 Å². The van der Waals surface area contributed by atoms with Crippen molar-refractivity contribution in [1.82, 2.24) is 0 Å². The van der Waals surface area contributed by atoms with E-state index in [0.29, 0.717) is 10.9 Å². The molecule has 0 heterocycles. The molecule has 0 unspecified atom stereocenters. The highest BCUT2D eigenvalue weighted by Gasteiger charge is 2.20. The monoisotopic (exact) mass is 432 g/mol. The quantitative estimate of drug-likeness (QED) is 0.307. The summed E-state index contributed by atoms with van der Waals surface area (Å²) in [6.45, 7) is 2.29. The molecule has 32 heavy (non-hydrogen) atoms. The van der Waals surface area contributed by atoms with Gasteiger partial charge in [-0.25, -0.2) is 4.39 Å². The van der Waals surface area contributed by atoms with E-state index in [2.05, 4.69) is 25.1 Å². The molecule has 1 aliphatic rings. The van der Waals surface area contributed by atoms with Crippen LogP contribution in [0.1, 0.15) is 70.3 Å². The zero-order valence-electron chi connectivity index (χ0n) is 19.7. The summed E-state index contributed by atoms with van der Waals surface area (Å²) in [6.07, 6.45) is 13.6. The second-order valence-corrected chi connectivity index (χ2v) is 9.63. The van der Waals surface area contributed by atoms with Crippen LogP contribution in [0.3, 0.4) is 0 Å². The van der Waals surface area contributed by atoms with Crippen LogP contribution >= 0.6 is 0 Å². The van der Waals surface area contributed by atoms with Gasteiger partial charge >= 0.3 is 0 Å². The van der Waals surface area contributed by atoms with Crippen LogP contribution in [0.25, 0.3) is 21.9 Å². The molecule has 0 amide bonds. The van der Waals surface area contributed by atoms with Gasteiger partial charge in [-0.05, 0) is 53.3 Å². The molecule has 0 atom stereocenters. The fourth-order valence-corrected chi connectivity index (χ4v) is 5.35. The smallest absolute Gasteiger partial charge is 0.138 e. The molecule has 0 saturated heterocycles. The van der Waals surface area contributed by atoms with E-state index >= 15 is 4.39 Å². The number of ether oxygens (including phenoxy) is 1. The number of aryl methyl sites for hydroxylation is 1. The van der Waals surface area contributed by atoms with Crippen molar-refractivity contribution in [3.63, 3.8) is 0 Å². The highest BCUT2D eigenvalue weighted by atomic mass is 19.1. The van der Waals surface area contributed by atoms with E-state index in [0.717, 1.165) is 35.0 Å². The van der Waals surface area contributed by atoms with Crippen LogP contribution in [0.4, 0.5) is 4.39 Å². The lowest BCUT2D eigenvalue weighted by molar-refractivity contribution is 0.249. The van der Waals surface area contributed by atoms with Gasteiger partial charge in [0.05, 0.1) is 7.11 Å². The van der Waals surface area contributed by atoms with Gasteiger partial charge in [0.25, 0.3) is 0 Å². The van der Waals surface area contributed by atoms with E-state index in [4.69, 9.17) is 4.74 Å². The van der Waals surface area contributed by atoms with E-state index in [1.54, 1.807) is 7.11 Å². The fraction of sp³-hybridized carbons (Fsp3) is 0.467. The first kappa shape index (κ1) is 22.8. The van der Waals surface area contributed by atoms with Gasteiger partial charge in [-0.15, -0.1) is 0 Å². The largest absolute Gasteiger partial charge is 0.497 e. The van der Waals surface area contributed by atoms with E-state index in [-0.39, 0.29) is 5.82 Å². The van der Waals surface area contributed by atoms with Gasteiger partial charge in [-0.1, -0.05) is 101 Å². The van der Waals surface area contributed by atoms with Crippen LogP contribution in [-0.4, -0.2) is 7.11 Å². The lowest BCUT2D eigenvalue weighted by atomic mass is 9.77. The van der Waals surface area contributed by atoms with Gasteiger partial charge in [0.15, 0.2) is 0 Å². The Bertz CT molecular complexity index is 999. The van der Waals surface area contributed by atoms with Gasteiger partial charge in [0.1, 0.15) is 11.6 Å². The zero-order chi connectivity index (χ0) is 22.3. The fourth-order valence-electron chi connectivity index (χ4n) is 5.35. The number of hydrogen-bond acceptors (Lipinski definition) is 1. The summed E-state index contributed by atoms with van der Waals surface area (Å²) in [5.74, 6) is 2.48. The lowest BCUT2D eigenvalue weighted by Crippen LogP contribution is -2.15. The van der Waals surface area contributed by atoms with Crippen molar-refractivity contribution >= 4 is 10.8 Å². The first-order valence-electron chi connectivity index (χ1n) is 12.5. The number of hydrogen-bond donors (Lipinski definition) is 0. The molecule has 3 aromatic rings. The van der Waals surface area contributed by atoms with Crippen LogP contribution in [0.5, 0.6) is 5.75 Å². The zero-order valence-corrected chi connectivity index (χ0v) is 19.7. The molecule has 0 bridgehead atoms. The van der Waals surface area contributed by atoms with Gasteiger partial charge in [0, 0.05) is 10.9 Å². The summed E-state index contributed by atoms with van der Waals surface area (Å²) in [5, 5.41) is 1.70. The van der Waals surface area contributed by atoms with E-state index in [9.17, 15) is 0 Å². The molecule has 170 valence electrons. The maximum atomic E-state index is 15.3. The van der Waals surface area contributed by atoms with Crippen LogP contribution < -0.4 is 4.74 Å². The number of benzene rings is 3. The average molecular weight is 433 g/mol. The summed E-state index contributed by atoms with van der Waals surface area (Å²) >= 11 is 0. The Morgan fingerprint density at radius 2 is 1.56 bits per heavy atom. The van der Waals surface area contributed by atoms with Crippen LogP contribution in [-0.2, 0) is 6.42 Å². The van der Waals surface area contributed by atoms with Crippen LogP contribution in [0, 0.1) is 17.7 Å². The maximum absolute atomic E-state index is 15.3. The second-order valence-electron chi connectivity index (χ2n) is 9.63. The predicted octanol–water partition coefficient (Wildman–Crippen LogP) is 8.97. The van der Waals surface area contributed by atoms with Gasteiger partial charge in [0.2, 0.25) is 0 Å². The number of halogens is 1. The molecule has 2 heteroatoms. The normalized spacial score (nSPS) is 18.7. The summed E-state index contributed by atoms with van der Waals surface area (Å²) in [5.41, 5.74) is 2.85. The highest BCUT2D eigenvalue weighted by molar-refractivity contribution is 5.88. The van der Waals surface area contributed by atoms with Crippen LogP contribution in [0.2, 0.25) is 0 Å². The number of fused-ring (bicyclic) bond motifs is 1. The van der Waals surface area contributed by atoms with E-state index < -0.39 is 0 Å². The van der Waals surface area contributed by atoms with Crippen molar-refractivity contribution in [3.05, 3.63) is 66.0 Å². The number of unbranched alkanes of at least 4 members (excludes halogenated alkanes) is 2. The van der Waals surface area contributed by atoms with E-state index in [1.807, 2.05) is 36.4 Å². The maximum Gasteiger partial charge on any atom is 0.138 e. The third-order valence-corrected chi connectivity index (χ3v) is 7.44. The molecular weight excluding hydrogens is 395 g/mol. The Morgan fingerprint density at radius 3 is 2.25 bits per heavy atom. The predicted molar refractivity (Wildman–Crippen MR) is 134 cm³/mol. The molecule has 4 rings (SSSR count). The average Bonchev–Trinajstić information content (AvgIpc) is 2.84. The molecule has 0 aliphatic heterocycles. The summed E-state index contributed by atoms with van der Waals surface area (Å²) in [6, 6.07) is 17.8. The molecule has 0 radical (unpaired) electrons. The van der Waals surface area contributed by atoms with Crippen LogP contribution in [0.15, 0.2) is 54.6 Å². The number of methoxy groups -OCH3 is 1. The summed E-state index contributed by atoms with van der Waals surface area (Å²) in [7, 11) is 1.64. The Kier molecular flexibility index (Phi) is 7.84. The third kappa shape index (κ3) is 5.52. The lowest BCUT2D eigenvalue weighted by Gasteiger charge is -2.28. The highest BCUT2D eigenvalue weighted by Crippen LogP contribution is 2.35. The summed E-state index contributed by atoms with van der Waals surface area (Å²) < 4.78 is 20.5. The first-order valence-corrected chi connectivity index (χ1v) is 12.5. The molecule has 1 saturated carbocycles. The van der Waals surface area contributed by atoms with Gasteiger partial charge in [-0.3, -0.25) is 0 Å². The van der Waals surface area contributed by atoms with Gasteiger partial charge < -0.3 is 4.74 Å². The minimum absolute atomic E-state index is 0.138. The molecule has 1 fully saturated rings. The molecule has 3 aromatic carbocycles. The third-order valence-electron chi connectivity index (χ3n) is 7.44. The van der Waals surface area contributed by atoms with Crippen molar-refractivity contribution in [2.24, 2.45) is 11.8 Å². The Morgan fingerprint density at radius 1 is 0.844 bits per heavy atom. The SMILES string of the molecule is CCCCC[C@H]1CC[C@H](CCc2ccc3c(F)c(-c4ccc(OC)cc4)ccc3c2)CC1. The molecule has 0 N–H and O–H groups in total. The molecule has 0 aromatic heterocycles. The Balaban J connectivity index is 1.37. The van der Waals surface area contributed by atoms with Crippen molar-refractivity contribution in [2.75, 3.05) is 7.11 Å². The summed E-state index contributed by atoms with van der Waals surface area (Å²) in [4.78, 5) is 0. The van der Waals surface area contributed by atoms with Crippen molar-refractivity contribution < 1.29 is 9.13 Å². The second kappa shape index (κ2) is 11.0. The van der Waals surface area contributed by atoms with Crippen molar-refractivity contribution in [1.29, 1.82) is 0 Å². The van der Waals surface area contributed by atoms with Crippen molar-refractivity contribution in [2.45, 2.75) is 71.1 Å². The molecule has 1 aliphatic carbocycles. The first-order chi connectivity index (χ1) is 15.7. The molecule has 0 spiro atoms. The standard InChI is InChI=1S/C30H37FO/c1-3-4-5-6-22-7-9-23(10-8-22)11-12-24-13-19-29-26(21-24)16-20-28(30(29)31)25-14-17-27(32-2)18-15-25/h13-23H,3-12H2,1-2H3/t22-,23-. The van der Waals surface area contributed by atoms with Gasteiger partial charge in [-0.2, -0.15) is 0 Å². The minimum Gasteiger partial charge on any atom is -0.497 e. The minimum atomic E-state index is -0.138.